The summed E-state index contributed by atoms with van der Waals surface area (Å²) in [5.74, 6) is 1.26. The number of H-pyrrole nitrogens is 1. The van der Waals surface area contributed by atoms with Crippen LogP contribution in [0.3, 0.4) is 0 Å². The van der Waals surface area contributed by atoms with E-state index in [1.807, 2.05) is 18.7 Å². The van der Waals surface area contributed by atoms with E-state index in [0.717, 1.165) is 12.3 Å². The summed E-state index contributed by atoms with van der Waals surface area (Å²) in [6.45, 7) is 5.96. The predicted octanol–water partition coefficient (Wildman–Crippen LogP) is 3.27. The maximum absolute atomic E-state index is 12.7. The molecule has 1 aliphatic heterocycles. The summed E-state index contributed by atoms with van der Waals surface area (Å²) in [7, 11) is 0. The van der Waals surface area contributed by atoms with Crippen molar-refractivity contribution in [1.29, 1.82) is 0 Å². The number of halogens is 3. The van der Waals surface area contributed by atoms with Gasteiger partial charge in [-0.15, -0.1) is 0 Å². The molecule has 150 valence electrons. The first-order valence-electron chi connectivity index (χ1n) is 9.14. The van der Waals surface area contributed by atoms with Crippen molar-refractivity contribution in [3.05, 3.63) is 53.7 Å². The fraction of sp³-hybridized carbons (Fsp3) is 0.400. The molecule has 0 radical (unpaired) electrons. The molecule has 1 saturated heterocycles. The monoisotopic (exact) mass is 394 g/mol. The number of anilines is 1. The largest absolute Gasteiger partial charge is 0.491 e. The van der Waals surface area contributed by atoms with Gasteiger partial charge in [0.15, 0.2) is 0 Å². The van der Waals surface area contributed by atoms with Gasteiger partial charge in [-0.1, -0.05) is 0 Å². The first kappa shape index (κ1) is 20.0. The van der Waals surface area contributed by atoms with Crippen LogP contribution in [0.1, 0.15) is 29.8 Å². The van der Waals surface area contributed by atoms with Gasteiger partial charge in [-0.3, -0.25) is 9.69 Å². The number of nitrogens with one attached hydrogen (secondary N) is 1. The molecule has 5 nitrogen and oxygen atoms in total. The Kier molecular flexibility index (Phi) is 5.76. The molecule has 1 aliphatic rings. The Labute approximate surface area is 161 Å². The highest BCUT2D eigenvalue weighted by Gasteiger charge is 2.33. The minimum Gasteiger partial charge on any atom is -0.491 e. The highest BCUT2D eigenvalue weighted by Crippen LogP contribution is 2.28. The predicted molar refractivity (Wildman–Crippen MR) is 98.3 cm³/mol. The zero-order valence-corrected chi connectivity index (χ0v) is 15.8. The number of aromatic amines is 1. The lowest BCUT2D eigenvalue weighted by Crippen LogP contribution is -2.50. The van der Waals surface area contributed by atoms with Crippen molar-refractivity contribution in [1.82, 2.24) is 4.90 Å². The van der Waals surface area contributed by atoms with Crippen molar-refractivity contribution in [2.45, 2.75) is 26.1 Å². The summed E-state index contributed by atoms with van der Waals surface area (Å²) < 4.78 is 43.6. The van der Waals surface area contributed by atoms with Gasteiger partial charge in [-0.05, 0) is 44.2 Å². The molecule has 1 aromatic carbocycles. The molecule has 3 rings (SSSR count). The van der Waals surface area contributed by atoms with Crippen LogP contribution in [0.15, 0.2) is 42.6 Å². The number of piperazine rings is 1. The molecule has 2 aromatic rings. The van der Waals surface area contributed by atoms with Crippen LogP contribution in [0.2, 0.25) is 0 Å². The van der Waals surface area contributed by atoms with Crippen LogP contribution in [0.4, 0.5) is 19.0 Å². The molecule has 28 heavy (non-hydrogen) atoms. The number of hydrogen-bond acceptors (Lipinski definition) is 3. The molecule has 1 N–H and O–H groups in total. The Morgan fingerprint density at radius 1 is 1.04 bits per heavy atom. The van der Waals surface area contributed by atoms with Crippen molar-refractivity contribution in [3.8, 4) is 5.75 Å². The SMILES string of the molecule is CC(C)Oc1ccc(C(=O)N2CCN(c3ccc(C(F)(F)F)c[nH+]3)CC2)cc1. The highest BCUT2D eigenvalue weighted by atomic mass is 19.4. The number of hydrogen-bond donors (Lipinski definition) is 0. The van der Waals surface area contributed by atoms with Gasteiger partial charge in [-0.2, -0.15) is 13.2 Å². The minimum atomic E-state index is -4.37. The molecule has 0 unspecified atom stereocenters. The molecule has 0 bridgehead atoms. The van der Waals surface area contributed by atoms with E-state index in [2.05, 4.69) is 4.98 Å². The van der Waals surface area contributed by atoms with Gasteiger partial charge in [0.1, 0.15) is 25.0 Å². The number of amides is 1. The van der Waals surface area contributed by atoms with Crippen LogP contribution < -0.4 is 14.6 Å². The van der Waals surface area contributed by atoms with Gasteiger partial charge in [0.05, 0.1) is 24.8 Å². The number of carbonyl (C=O) groups excluding carboxylic acids is 1. The average Bonchev–Trinajstić information content (AvgIpc) is 2.67. The number of aromatic nitrogens is 1. The van der Waals surface area contributed by atoms with E-state index in [1.165, 1.54) is 6.07 Å². The van der Waals surface area contributed by atoms with Crippen LogP contribution in [0.5, 0.6) is 5.75 Å². The van der Waals surface area contributed by atoms with E-state index in [4.69, 9.17) is 4.74 Å². The number of pyridine rings is 1. The van der Waals surface area contributed by atoms with Crippen LogP contribution in [0.25, 0.3) is 0 Å². The molecule has 1 amide bonds. The quantitative estimate of drug-likeness (QED) is 0.800. The Bertz CT molecular complexity index is 797. The number of nitrogens with zero attached hydrogens (tertiary/aromatic N) is 2. The normalized spacial score (nSPS) is 15.1. The summed E-state index contributed by atoms with van der Waals surface area (Å²) in [5.41, 5.74) is -0.124. The molecule has 0 saturated carbocycles. The second kappa shape index (κ2) is 8.08. The van der Waals surface area contributed by atoms with Crippen molar-refractivity contribution in [2.24, 2.45) is 0 Å². The maximum atomic E-state index is 12.7. The molecule has 0 spiro atoms. The molecule has 1 aromatic heterocycles. The minimum absolute atomic E-state index is 0.0628. The standard InChI is InChI=1S/C20H22F3N3O2/c1-14(2)28-17-6-3-15(4-7-17)19(27)26-11-9-25(10-12-26)18-8-5-16(13-24-18)20(21,22)23/h3-8,13-14H,9-12H2,1-2H3/p+1. The van der Waals surface area contributed by atoms with Crippen molar-refractivity contribution in [2.75, 3.05) is 31.1 Å². The van der Waals surface area contributed by atoms with Crippen molar-refractivity contribution in [3.63, 3.8) is 0 Å². The summed E-state index contributed by atoms with van der Waals surface area (Å²) in [6.07, 6.45) is -3.33. The van der Waals surface area contributed by atoms with Gasteiger partial charge in [0.2, 0.25) is 0 Å². The maximum Gasteiger partial charge on any atom is 0.419 e. The van der Waals surface area contributed by atoms with Gasteiger partial charge < -0.3 is 9.64 Å². The van der Waals surface area contributed by atoms with Gasteiger partial charge in [0, 0.05) is 11.6 Å². The summed E-state index contributed by atoms with van der Waals surface area (Å²) >= 11 is 0. The smallest absolute Gasteiger partial charge is 0.419 e. The Morgan fingerprint density at radius 2 is 1.68 bits per heavy atom. The molecule has 1 fully saturated rings. The lowest BCUT2D eigenvalue weighted by Gasteiger charge is -2.31. The molecular weight excluding hydrogens is 371 g/mol. The topological polar surface area (TPSA) is 46.9 Å². The number of ether oxygens (including phenoxy) is 1. The summed E-state index contributed by atoms with van der Waals surface area (Å²) in [5, 5.41) is 0. The van der Waals surface area contributed by atoms with Crippen molar-refractivity contribution >= 4 is 11.7 Å². The van der Waals surface area contributed by atoms with Crippen LogP contribution in [-0.4, -0.2) is 43.1 Å². The first-order valence-corrected chi connectivity index (χ1v) is 9.14. The fourth-order valence-corrected chi connectivity index (χ4v) is 3.07. The lowest BCUT2D eigenvalue weighted by molar-refractivity contribution is -0.367. The summed E-state index contributed by atoms with van der Waals surface area (Å²) in [4.78, 5) is 19.0. The third-order valence-electron chi connectivity index (χ3n) is 4.50. The number of rotatable bonds is 4. The molecule has 0 atom stereocenters. The number of carbonyl (C=O) groups is 1. The third kappa shape index (κ3) is 4.74. The van der Waals surface area contributed by atoms with Gasteiger partial charge in [0.25, 0.3) is 11.7 Å². The van der Waals surface area contributed by atoms with E-state index in [0.29, 0.717) is 43.3 Å². The summed E-state index contributed by atoms with van der Waals surface area (Å²) in [6, 6.07) is 9.53. The zero-order valence-electron chi connectivity index (χ0n) is 15.8. The van der Waals surface area contributed by atoms with Gasteiger partial charge >= 0.3 is 6.18 Å². The highest BCUT2D eigenvalue weighted by molar-refractivity contribution is 5.94. The molecule has 0 aliphatic carbocycles. The number of benzene rings is 1. The van der Waals surface area contributed by atoms with E-state index < -0.39 is 11.7 Å². The average molecular weight is 394 g/mol. The molecule has 8 heteroatoms. The van der Waals surface area contributed by atoms with E-state index in [9.17, 15) is 18.0 Å². The number of alkyl halides is 3. The first-order chi connectivity index (χ1) is 13.2. The van der Waals surface area contributed by atoms with Crippen LogP contribution in [0, 0.1) is 0 Å². The second-order valence-corrected chi connectivity index (χ2v) is 6.93. The van der Waals surface area contributed by atoms with Crippen LogP contribution >= 0.6 is 0 Å². The fourth-order valence-electron chi connectivity index (χ4n) is 3.07. The van der Waals surface area contributed by atoms with Crippen LogP contribution in [-0.2, 0) is 6.18 Å². The second-order valence-electron chi connectivity index (χ2n) is 6.93. The van der Waals surface area contributed by atoms with E-state index >= 15 is 0 Å². The Morgan fingerprint density at radius 3 is 2.18 bits per heavy atom. The van der Waals surface area contributed by atoms with E-state index in [1.54, 1.807) is 29.2 Å². The van der Waals surface area contributed by atoms with Gasteiger partial charge in [-0.25, -0.2) is 4.98 Å². The third-order valence-corrected chi connectivity index (χ3v) is 4.50. The molecule has 2 heterocycles. The van der Waals surface area contributed by atoms with Crippen molar-refractivity contribution < 1.29 is 27.7 Å². The zero-order chi connectivity index (χ0) is 20.3. The lowest BCUT2D eigenvalue weighted by atomic mass is 10.1. The molecular formula is C20H23F3N3O2+. The Hall–Kier alpha value is -2.77. The van der Waals surface area contributed by atoms with E-state index in [-0.39, 0.29) is 12.0 Å². The Balaban J connectivity index is 1.58.